The van der Waals surface area contributed by atoms with Crippen molar-refractivity contribution in [3.8, 4) is 0 Å². The molecule has 0 spiro atoms. The quantitative estimate of drug-likeness (QED) is 0.714. The summed E-state index contributed by atoms with van der Waals surface area (Å²) < 4.78 is 7.54. The zero-order valence-electron chi connectivity index (χ0n) is 19.8. The van der Waals surface area contributed by atoms with E-state index < -0.39 is 5.60 Å². The number of aromatic nitrogens is 2. The number of hydrogen-bond donors (Lipinski definition) is 1. The number of ketones is 1. The van der Waals surface area contributed by atoms with Crippen molar-refractivity contribution in [1.29, 1.82) is 0 Å². The Kier molecular flexibility index (Phi) is 5.11. The van der Waals surface area contributed by atoms with Crippen LogP contribution in [0.3, 0.4) is 0 Å². The van der Waals surface area contributed by atoms with E-state index in [0.29, 0.717) is 36.0 Å². The topological polar surface area (TPSA) is 64.4 Å². The Bertz CT molecular complexity index is 855. The first-order valence-electron chi connectivity index (χ1n) is 13.3. The molecule has 5 nitrogen and oxygen atoms in total. The molecule has 0 aliphatic heterocycles. The fourth-order valence-electron chi connectivity index (χ4n) is 9.69. The highest BCUT2D eigenvalue weighted by molar-refractivity contribution is 5.82. The van der Waals surface area contributed by atoms with Crippen molar-refractivity contribution in [3.05, 3.63) is 18.5 Å². The second-order valence-corrected chi connectivity index (χ2v) is 12.0. The molecule has 0 bridgehead atoms. The first kappa shape index (κ1) is 21.3. The summed E-state index contributed by atoms with van der Waals surface area (Å²) >= 11 is 0. The number of hydrogen-bond acceptors (Lipinski definition) is 4. The summed E-state index contributed by atoms with van der Waals surface area (Å²) in [7, 11) is 0. The fraction of sp³-hybridized carbons (Fsp3) is 0.852. The Morgan fingerprint density at radius 1 is 1.09 bits per heavy atom. The van der Waals surface area contributed by atoms with Crippen LogP contribution in [0.25, 0.3) is 0 Å². The maximum atomic E-state index is 13.3. The summed E-state index contributed by atoms with van der Waals surface area (Å²) in [5, 5.41) is 15.5. The van der Waals surface area contributed by atoms with Crippen molar-refractivity contribution in [2.45, 2.75) is 77.4 Å². The van der Waals surface area contributed by atoms with Crippen LogP contribution in [0.5, 0.6) is 0 Å². The molecule has 5 fully saturated rings. The van der Waals surface area contributed by atoms with E-state index in [9.17, 15) is 9.90 Å². The SMILES string of the molecule is CCOCC1C2[C@@H]3CC[C@@H]4[C@H](CC[C@]5(C)[C@@H](C(=O)Cn6cccn6)CC[C@@H]45)[C@H]3CC[C@]12O. The Labute approximate surface area is 192 Å². The molecule has 1 N–H and O–H groups in total. The first-order chi connectivity index (χ1) is 15.5. The lowest BCUT2D eigenvalue weighted by atomic mass is 9.49. The molecule has 2 unspecified atom stereocenters. The monoisotopic (exact) mass is 440 g/mol. The third-order valence-corrected chi connectivity index (χ3v) is 11.1. The molecule has 5 aliphatic carbocycles. The largest absolute Gasteiger partial charge is 0.389 e. The zero-order chi connectivity index (χ0) is 22.1. The molecule has 0 amide bonds. The van der Waals surface area contributed by atoms with Gasteiger partial charge in [0.2, 0.25) is 0 Å². The van der Waals surface area contributed by atoms with Crippen LogP contribution in [0, 0.1) is 52.8 Å². The van der Waals surface area contributed by atoms with Gasteiger partial charge in [-0.1, -0.05) is 6.92 Å². The van der Waals surface area contributed by atoms with Crippen molar-refractivity contribution in [2.75, 3.05) is 13.2 Å². The van der Waals surface area contributed by atoms with E-state index in [1.807, 2.05) is 12.3 Å². The number of Topliss-reactive ketones (excluding diaryl/α,β-unsaturated/α-hetero) is 1. The molecule has 10 atom stereocenters. The fourth-order valence-corrected chi connectivity index (χ4v) is 9.69. The van der Waals surface area contributed by atoms with Crippen LogP contribution in [0.2, 0.25) is 0 Å². The highest BCUT2D eigenvalue weighted by atomic mass is 16.5. The minimum absolute atomic E-state index is 0.171. The van der Waals surface area contributed by atoms with Gasteiger partial charge in [0.05, 0.1) is 18.8 Å². The van der Waals surface area contributed by atoms with E-state index in [4.69, 9.17) is 4.74 Å². The summed E-state index contributed by atoms with van der Waals surface area (Å²) in [6.45, 7) is 6.42. The summed E-state index contributed by atoms with van der Waals surface area (Å²) in [6, 6.07) is 1.90. The zero-order valence-corrected chi connectivity index (χ0v) is 19.8. The second kappa shape index (κ2) is 7.66. The highest BCUT2D eigenvalue weighted by Gasteiger charge is 2.71. The van der Waals surface area contributed by atoms with Crippen molar-refractivity contribution >= 4 is 5.78 Å². The van der Waals surface area contributed by atoms with Crippen LogP contribution in [0.15, 0.2) is 18.5 Å². The van der Waals surface area contributed by atoms with Gasteiger partial charge in [-0.3, -0.25) is 9.48 Å². The van der Waals surface area contributed by atoms with Crippen LogP contribution in [-0.4, -0.2) is 39.5 Å². The Morgan fingerprint density at radius 2 is 1.88 bits per heavy atom. The molecule has 5 saturated carbocycles. The van der Waals surface area contributed by atoms with E-state index in [-0.39, 0.29) is 11.3 Å². The summed E-state index contributed by atoms with van der Waals surface area (Å²) in [4.78, 5) is 13.3. The van der Waals surface area contributed by atoms with Gasteiger partial charge in [-0.15, -0.1) is 0 Å². The van der Waals surface area contributed by atoms with Gasteiger partial charge in [-0.25, -0.2) is 0 Å². The Balaban J connectivity index is 1.17. The number of nitrogens with zero attached hydrogens (tertiary/aromatic N) is 2. The third-order valence-electron chi connectivity index (χ3n) is 11.1. The van der Waals surface area contributed by atoms with E-state index in [1.165, 1.54) is 38.5 Å². The van der Waals surface area contributed by atoms with E-state index >= 15 is 0 Å². The second-order valence-electron chi connectivity index (χ2n) is 12.0. The molecule has 1 aromatic rings. The van der Waals surface area contributed by atoms with Crippen LogP contribution >= 0.6 is 0 Å². The van der Waals surface area contributed by atoms with Gasteiger partial charge in [0.15, 0.2) is 5.78 Å². The molecule has 5 heteroatoms. The van der Waals surface area contributed by atoms with Crippen LogP contribution in [0.4, 0.5) is 0 Å². The third kappa shape index (κ3) is 3.02. The normalized spacial score (nSPS) is 49.0. The Hall–Kier alpha value is -1.20. The van der Waals surface area contributed by atoms with Crippen molar-refractivity contribution in [3.63, 3.8) is 0 Å². The number of aliphatic hydroxyl groups is 1. The number of rotatable bonds is 6. The van der Waals surface area contributed by atoms with E-state index in [0.717, 1.165) is 43.8 Å². The van der Waals surface area contributed by atoms with Gasteiger partial charge >= 0.3 is 0 Å². The van der Waals surface area contributed by atoms with Crippen molar-refractivity contribution < 1.29 is 14.6 Å². The number of ether oxygens (including phenoxy) is 1. The summed E-state index contributed by atoms with van der Waals surface area (Å²) in [6.07, 6.45) is 13.2. The minimum atomic E-state index is -0.427. The predicted molar refractivity (Wildman–Crippen MR) is 122 cm³/mol. The first-order valence-corrected chi connectivity index (χ1v) is 13.3. The molecule has 0 radical (unpaired) electrons. The summed E-state index contributed by atoms with van der Waals surface area (Å²) in [5.74, 6) is 5.23. The standard InChI is InChI=1S/C27H40N2O3/c1-3-32-16-23-25-20-6-5-19-17(18(20)10-12-27(23,25)31)9-11-26(2)21(19)7-8-22(26)24(30)15-29-14-4-13-28-29/h4,13-14,17-23,25,31H,3,5-12,15-16H2,1-2H3/t17-,18-,19-,20-,21+,22-,23?,25?,26+,27+/m1/s1. The van der Waals surface area contributed by atoms with Crippen LogP contribution in [-0.2, 0) is 16.1 Å². The molecule has 6 rings (SSSR count). The van der Waals surface area contributed by atoms with Crippen molar-refractivity contribution in [1.82, 2.24) is 9.78 Å². The molecule has 1 aromatic heterocycles. The van der Waals surface area contributed by atoms with Gasteiger partial charge in [-0.2, -0.15) is 5.10 Å². The highest BCUT2D eigenvalue weighted by Crippen LogP contribution is 2.70. The van der Waals surface area contributed by atoms with Crippen LogP contribution in [0.1, 0.15) is 65.2 Å². The minimum Gasteiger partial charge on any atom is -0.389 e. The molecular weight excluding hydrogens is 400 g/mol. The number of carbonyl (C=O) groups is 1. The Morgan fingerprint density at radius 3 is 2.66 bits per heavy atom. The number of carbonyl (C=O) groups excluding carboxylic acids is 1. The van der Waals surface area contributed by atoms with Gasteiger partial charge in [0.1, 0.15) is 0 Å². The summed E-state index contributed by atoms with van der Waals surface area (Å²) in [5.41, 5.74) is -0.256. The van der Waals surface area contributed by atoms with E-state index in [1.54, 1.807) is 10.9 Å². The van der Waals surface area contributed by atoms with Crippen molar-refractivity contribution in [2.24, 2.45) is 52.8 Å². The van der Waals surface area contributed by atoms with Gasteiger partial charge in [0, 0.05) is 30.8 Å². The van der Waals surface area contributed by atoms with E-state index in [2.05, 4.69) is 18.9 Å². The predicted octanol–water partition coefficient (Wildman–Crippen LogP) is 4.34. The van der Waals surface area contributed by atoms with Gasteiger partial charge in [-0.05, 0) is 105 Å². The van der Waals surface area contributed by atoms with Gasteiger partial charge < -0.3 is 9.84 Å². The average molecular weight is 441 g/mol. The lowest BCUT2D eigenvalue weighted by Gasteiger charge is -2.56. The molecule has 1 heterocycles. The molecular formula is C27H40N2O3. The maximum Gasteiger partial charge on any atom is 0.157 e. The average Bonchev–Trinajstić information content (AvgIpc) is 3.11. The van der Waals surface area contributed by atoms with Crippen LogP contribution < -0.4 is 0 Å². The lowest BCUT2D eigenvalue weighted by molar-refractivity contribution is -0.131. The number of fused-ring (bicyclic) bond motifs is 7. The molecule has 32 heavy (non-hydrogen) atoms. The molecule has 5 aliphatic rings. The lowest BCUT2D eigenvalue weighted by Crippen LogP contribution is -2.50. The van der Waals surface area contributed by atoms with Gasteiger partial charge in [0.25, 0.3) is 0 Å². The molecule has 0 saturated heterocycles. The molecule has 0 aromatic carbocycles. The smallest absolute Gasteiger partial charge is 0.157 e. The molecule has 176 valence electrons. The maximum absolute atomic E-state index is 13.3.